The molecule has 10 heteroatoms. The normalized spacial score (nSPS) is 10.7. The SMILES string of the molecule is COc1ccccc1CNC(=O)c1nnn(-c2ccc(F)cc2)c1CSc1ncccn1. The van der Waals surface area contributed by atoms with Crippen LogP contribution < -0.4 is 10.1 Å². The molecule has 0 saturated heterocycles. The van der Waals surface area contributed by atoms with Gasteiger partial charge in [0.2, 0.25) is 0 Å². The maximum atomic E-state index is 13.4. The van der Waals surface area contributed by atoms with Crippen LogP contribution >= 0.6 is 11.8 Å². The molecule has 162 valence electrons. The Morgan fingerprint density at radius 1 is 1.09 bits per heavy atom. The Morgan fingerprint density at radius 3 is 2.59 bits per heavy atom. The van der Waals surface area contributed by atoms with E-state index in [4.69, 9.17) is 4.74 Å². The molecular weight excluding hydrogens is 431 g/mol. The first-order valence-corrected chi connectivity index (χ1v) is 10.6. The fourth-order valence-electron chi connectivity index (χ4n) is 3.00. The Morgan fingerprint density at radius 2 is 1.84 bits per heavy atom. The second-order valence-corrected chi connectivity index (χ2v) is 7.53. The molecule has 1 amide bonds. The number of aromatic nitrogens is 5. The number of thioether (sulfide) groups is 1. The molecule has 0 aliphatic heterocycles. The molecule has 0 atom stereocenters. The maximum absolute atomic E-state index is 13.4. The van der Waals surface area contributed by atoms with E-state index < -0.39 is 0 Å². The molecule has 0 spiro atoms. The van der Waals surface area contributed by atoms with Crippen LogP contribution in [0, 0.1) is 5.82 Å². The molecule has 4 aromatic rings. The molecule has 2 aromatic carbocycles. The quantitative estimate of drug-likeness (QED) is 0.325. The molecule has 0 radical (unpaired) electrons. The number of carbonyl (C=O) groups excluding carboxylic acids is 1. The zero-order valence-corrected chi connectivity index (χ0v) is 17.9. The fraction of sp³-hybridized carbons (Fsp3) is 0.136. The van der Waals surface area contributed by atoms with E-state index in [1.165, 1.54) is 28.6 Å². The third-order valence-corrected chi connectivity index (χ3v) is 5.45. The van der Waals surface area contributed by atoms with E-state index in [0.717, 1.165) is 5.56 Å². The highest BCUT2D eigenvalue weighted by molar-refractivity contribution is 7.98. The molecule has 0 saturated carbocycles. The summed E-state index contributed by atoms with van der Waals surface area (Å²) in [5.74, 6) is 0.275. The van der Waals surface area contributed by atoms with Gasteiger partial charge in [-0.1, -0.05) is 35.2 Å². The van der Waals surface area contributed by atoms with Crippen LogP contribution in [0.4, 0.5) is 4.39 Å². The minimum Gasteiger partial charge on any atom is -0.496 e. The molecule has 0 unspecified atom stereocenters. The molecule has 0 fully saturated rings. The van der Waals surface area contributed by atoms with Crippen molar-refractivity contribution in [2.24, 2.45) is 0 Å². The van der Waals surface area contributed by atoms with Gasteiger partial charge in [-0.2, -0.15) is 0 Å². The van der Waals surface area contributed by atoms with Crippen molar-refractivity contribution in [1.82, 2.24) is 30.3 Å². The summed E-state index contributed by atoms with van der Waals surface area (Å²) in [6.45, 7) is 0.265. The van der Waals surface area contributed by atoms with E-state index in [1.807, 2.05) is 24.3 Å². The third-order valence-electron chi connectivity index (χ3n) is 4.56. The van der Waals surface area contributed by atoms with Crippen molar-refractivity contribution in [2.75, 3.05) is 7.11 Å². The van der Waals surface area contributed by atoms with Gasteiger partial charge in [-0.15, -0.1) is 5.10 Å². The summed E-state index contributed by atoms with van der Waals surface area (Å²) in [6.07, 6.45) is 3.29. The monoisotopic (exact) mass is 450 g/mol. The standard InChI is InChI=1S/C22H19FN6O2S/c1-31-19-6-3-2-5-15(19)13-26-21(30)20-18(14-32-22-24-11-4-12-25-22)29(28-27-20)17-9-7-16(23)8-10-17/h2-12H,13-14H2,1H3,(H,26,30). The zero-order valence-electron chi connectivity index (χ0n) is 17.1. The second kappa shape index (κ2) is 10.0. The highest BCUT2D eigenvalue weighted by Gasteiger charge is 2.21. The Kier molecular flexibility index (Phi) is 6.71. The van der Waals surface area contributed by atoms with Crippen LogP contribution in [0.25, 0.3) is 5.69 Å². The number of amides is 1. The van der Waals surface area contributed by atoms with Gasteiger partial charge in [0.15, 0.2) is 10.9 Å². The maximum Gasteiger partial charge on any atom is 0.274 e. The van der Waals surface area contributed by atoms with Crippen LogP contribution in [-0.4, -0.2) is 38.0 Å². The Hall–Kier alpha value is -3.79. The minimum atomic E-state index is -0.381. The summed E-state index contributed by atoms with van der Waals surface area (Å²) < 4.78 is 20.2. The van der Waals surface area contributed by atoms with E-state index in [1.54, 1.807) is 37.7 Å². The van der Waals surface area contributed by atoms with Crippen LogP contribution in [0.2, 0.25) is 0 Å². The zero-order chi connectivity index (χ0) is 22.3. The van der Waals surface area contributed by atoms with Gasteiger partial charge in [-0.25, -0.2) is 19.0 Å². The van der Waals surface area contributed by atoms with Gasteiger partial charge in [0, 0.05) is 30.3 Å². The summed E-state index contributed by atoms with van der Waals surface area (Å²) >= 11 is 1.35. The van der Waals surface area contributed by atoms with E-state index in [2.05, 4.69) is 25.6 Å². The van der Waals surface area contributed by atoms with Crippen molar-refractivity contribution in [3.05, 3.63) is 89.8 Å². The number of methoxy groups -OCH3 is 1. The number of ether oxygens (including phenoxy) is 1. The molecule has 2 aromatic heterocycles. The van der Waals surface area contributed by atoms with E-state index in [-0.39, 0.29) is 24.0 Å². The average Bonchev–Trinajstić information content (AvgIpc) is 3.26. The van der Waals surface area contributed by atoms with Crippen LogP contribution in [-0.2, 0) is 12.3 Å². The first kappa shape index (κ1) is 21.4. The molecular formula is C22H19FN6O2S. The lowest BCUT2D eigenvalue weighted by Gasteiger charge is -2.10. The molecule has 4 rings (SSSR count). The molecule has 32 heavy (non-hydrogen) atoms. The summed E-state index contributed by atoms with van der Waals surface area (Å²) in [5.41, 5.74) is 2.15. The van der Waals surface area contributed by atoms with E-state index in [9.17, 15) is 9.18 Å². The number of nitrogens with one attached hydrogen (secondary N) is 1. The number of carbonyl (C=O) groups is 1. The van der Waals surface area contributed by atoms with Crippen molar-refractivity contribution in [3.63, 3.8) is 0 Å². The average molecular weight is 450 g/mol. The summed E-state index contributed by atoms with van der Waals surface area (Å²) in [4.78, 5) is 21.4. The number of hydrogen-bond donors (Lipinski definition) is 1. The first-order valence-electron chi connectivity index (χ1n) is 9.66. The largest absolute Gasteiger partial charge is 0.496 e. The number of rotatable bonds is 8. The van der Waals surface area contributed by atoms with Gasteiger partial charge in [-0.3, -0.25) is 4.79 Å². The molecule has 2 heterocycles. The summed E-state index contributed by atoms with van der Waals surface area (Å²) in [7, 11) is 1.58. The number of benzene rings is 2. The van der Waals surface area contributed by atoms with E-state index >= 15 is 0 Å². The van der Waals surface area contributed by atoms with Crippen molar-refractivity contribution in [2.45, 2.75) is 17.5 Å². The van der Waals surface area contributed by atoms with Crippen LogP contribution in [0.15, 0.2) is 72.1 Å². The first-order chi connectivity index (χ1) is 15.7. The van der Waals surface area contributed by atoms with Gasteiger partial charge in [0.1, 0.15) is 11.6 Å². The Bertz CT molecular complexity index is 1200. The molecule has 0 bridgehead atoms. The molecule has 0 aliphatic carbocycles. The lowest BCUT2D eigenvalue weighted by Crippen LogP contribution is -2.24. The van der Waals surface area contributed by atoms with Gasteiger partial charge >= 0.3 is 0 Å². The van der Waals surface area contributed by atoms with Crippen LogP contribution in [0.3, 0.4) is 0 Å². The van der Waals surface area contributed by atoms with Gasteiger partial charge in [-0.05, 0) is 36.4 Å². The smallest absolute Gasteiger partial charge is 0.274 e. The third kappa shape index (κ3) is 4.92. The van der Waals surface area contributed by atoms with Crippen LogP contribution in [0.5, 0.6) is 5.75 Å². The molecule has 0 aliphatic rings. The topological polar surface area (TPSA) is 94.8 Å². The number of halogens is 1. The van der Waals surface area contributed by atoms with Gasteiger partial charge in [0.05, 0.1) is 18.5 Å². The predicted octanol–water partition coefficient (Wildman–Crippen LogP) is 3.43. The lowest BCUT2D eigenvalue weighted by atomic mass is 10.2. The van der Waals surface area contributed by atoms with E-state index in [0.29, 0.717) is 28.0 Å². The van der Waals surface area contributed by atoms with Crippen molar-refractivity contribution in [1.29, 1.82) is 0 Å². The van der Waals surface area contributed by atoms with Crippen molar-refractivity contribution >= 4 is 17.7 Å². The highest BCUT2D eigenvalue weighted by atomic mass is 32.2. The fourth-order valence-corrected chi connectivity index (χ4v) is 3.79. The highest BCUT2D eigenvalue weighted by Crippen LogP contribution is 2.23. The summed E-state index contributed by atoms with van der Waals surface area (Å²) in [5, 5.41) is 11.7. The second-order valence-electron chi connectivity index (χ2n) is 6.59. The Labute approximate surface area is 187 Å². The molecule has 1 N–H and O–H groups in total. The lowest BCUT2D eigenvalue weighted by molar-refractivity contribution is 0.0945. The van der Waals surface area contributed by atoms with Gasteiger partial charge < -0.3 is 10.1 Å². The number of hydrogen-bond acceptors (Lipinski definition) is 7. The number of para-hydroxylation sites is 1. The number of nitrogens with zero attached hydrogens (tertiary/aromatic N) is 5. The Balaban J connectivity index is 1.60. The van der Waals surface area contributed by atoms with Crippen molar-refractivity contribution in [3.8, 4) is 11.4 Å². The van der Waals surface area contributed by atoms with Crippen LogP contribution in [0.1, 0.15) is 21.7 Å². The van der Waals surface area contributed by atoms with Crippen molar-refractivity contribution < 1.29 is 13.9 Å². The summed E-state index contributed by atoms with van der Waals surface area (Å²) in [6, 6.07) is 15.0. The minimum absolute atomic E-state index is 0.174. The van der Waals surface area contributed by atoms with Gasteiger partial charge in [0.25, 0.3) is 5.91 Å². The molecule has 8 nitrogen and oxygen atoms in total. The predicted molar refractivity (Wildman–Crippen MR) is 117 cm³/mol.